The lowest BCUT2D eigenvalue weighted by Crippen LogP contribution is -2.56. The summed E-state index contributed by atoms with van der Waals surface area (Å²) in [5.41, 5.74) is 3.18. The molecular formula is C16H20N2O3S. The zero-order valence-electron chi connectivity index (χ0n) is 12.7. The van der Waals surface area contributed by atoms with E-state index in [1.165, 1.54) is 4.31 Å². The number of carbonyl (C=O) groups excluding carboxylic acids is 1. The smallest absolute Gasteiger partial charge is 0.311 e. The lowest BCUT2D eigenvalue weighted by Gasteiger charge is -2.40. The quantitative estimate of drug-likeness (QED) is 0.799. The Morgan fingerprint density at radius 3 is 2.64 bits per heavy atom. The summed E-state index contributed by atoms with van der Waals surface area (Å²) in [5.74, 6) is 0.0195. The van der Waals surface area contributed by atoms with E-state index in [1.54, 1.807) is 4.90 Å². The van der Waals surface area contributed by atoms with E-state index >= 15 is 0 Å². The summed E-state index contributed by atoms with van der Waals surface area (Å²) in [6.45, 7) is 2.52. The number of nitrogens with zero attached hydrogens (tertiary/aromatic N) is 2. The zero-order chi connectivity index (χ0) is 15.5. The van der Waals surface area contributed by atoms with Crippen molar-refractivity contribution >= 4 is 16.1 Å². The first-order valence-corrected chi connectivity index (χ1v) is 9.50. The highest BCUT2D eigenvalue weighted by molar-refractivity contribution is 7.89. The number of urea groups is 1. The normalized spacial score (nSPS) is 27.1. The van der Waals surface area contributed by atoms with E-state index in [1.807, 2.05) is 25.1 Å². The third-order valence-corrected chi connectivity index (χ3v) is 6.93. The van der Waals surface area contributed by atoms with Gasteiger partial charge in [-0.05, 0) is 30.9 Å². The van der Waals surface area contributed by atoms with Gasteiger partial charge in [-0.2, -0.15) is 0 Å². The Hall–Kier alpha value is -1.56. The summed E-state index contributed by atoms with van der Waals surface area (Å²) >= 11 is 0. The summed E-state index contributed by atoms with van der Waals surface area (Å²) in [6.07, 6.45) is 3.62. The summed E-state index contributed by atoms with van der Waals surface area (Å²) in [4.78, 5) is 14.6. The lowest BCUT2D eigenvalue weighted by molar-refractivity contribution is 0.146. The Kier molecular flexibility index (Phi) is 3.01. The SMILES string of the molecule is Cc1ccc2c(c1)C1CS(=O)(=O)N(C3CCCC3)C(=O)N1C2. The molecule has 118 valence electrons. The number of carbonyl (C=O) groups is 1. The topological polar surface area (TPSA) is 57.7 Å². The van der Waals surface area contributed by atoms with Crippen LogP contribution in [-0.4, -0.2) is 35.4 Å². The van der Waals surface area contributed by atoms with Crippen LogP contribution in [0.2, 0.25) is 0 Å². The van der Waals surface area contributed by atoms with Crippen LogP contribution in [-0.2, 0) is 16.6 Å². The number of hydrogen-bond donors (Lipinski definition) is 0. The third kappa shape index (κ3) is 1.96. The first-order valence-electron chi connectivity index (χ1n) is 7.89. The second-order valence-corrected chi connectivity index (χ2v) is 8.53. The van der Waals surface area contributed by atoms with Crippen LogP contribution in [0.4, 0.5) is 4.79 Å². The van der Waals surface area contributed by atoms with Gasteiger partial charge in [-0.25, -0.2) is 17.5 Å². The Labute approximate surface area is 131 Å². The second kappa shape index (κ2) is 4.72. The van der Waals surface area contributed by atoms with Crippen LogP contribution in [0, 0.1) is 6.92 Å². The molecule has 1 aromatic rings. The van der Waals surface area contributed by atoms with Gasteiger partial charge in [0.05, 0.1) is 11.8 Å². The molecule has 22 heavy (non-hydrogen) atoms. The highest BCUT2D eigenvalue weighted by atomic mass is 32.2. The highest BCUT2D eigenvalue weighted by Crippen LogP contribution is 2.41. The van der Waals surface area contributed by atoms with Gasteiger partial charge in [0.15, 0.2) is 0 Å². The third-order valence-electron chi connectivity index (χ3n) is 5.14. The van der Waals surface area contributed by atoms with Gasteiger partial charge in [0.2, 0.25) is 10.0 Å². The molecule has 4 rings (SSSR count). The van der Waals surface area contributed by atoms with Gasteiger partial charge in [-0.3, -0.25) is 0 Å². The molecule has 0 radical (unpaired) electrons. The summed E-state index contributed by atoms with van der Waals surface area (Å²) < 4.78 is 26.6. The molecule has 0 aromatic heterocycles. The molecule has 1 atom stereocenters. The fourth-order valence-electron chi connectivity index (χ4n) is 4.06. The average Bonchev–Trinajstić information content (AvgIpc) is 3.06. The predicted molar refractivity (Wildman–Crippen MR) is 82.7 cm³/mol. The summed E-state index contributed by atoms with van der Waals surface area (Å²) in [5, 5.41) is 0. The lowest BCUT2D eigenvalue weighted by atomic mass is 10.0. The zero-order valence-corrected chi connectivity index (χ0v) is 13.5. The van der Waals surface area contributed by atoms with Crippen LogP contribution in [0.3, 0.4) is 0 Å². The van der Waals surface area contributed by atoms with E-state index in [0.29, 0.717) is 6.54 Å². The van der Waals surface area contributed by atoms with Crippen molar-refractivity contribution in [2.75, 3.05) is 5.75 Å². The largest absolute Gasteiger partial charge is 0.334 e. The first kappa shape index (κ1) is 14.1. The number of hydrogen-bond acceptors (Lipinski definition) is 3. The summed E-state index contributed by atoms with van der Waals surface area (Å²) in [6, 6.07) is 5.29. The standard InChI is InChI=1S/C16H20N2O3S/c1-11-6-7-12-9-17-15(14(12)8-11)10-22(20,21)18(16(17)19)13-4-2-3-5-13/h6-8,13,15H,2-5,9-10H2,1H3. The van der Waals surface area contributed by atoms with E-state index in [4.69, 9.17) is 0 Å². The van der Waals surface area contributed by atoms with Crippen LogP contribution >= 0.6 is 0 Å². The fraction of sp³-hybridized carbons (Fsp3) is 0.562. The maximum absolute atomic E-state index is 12.8. The van der Waals surface area contributed by atoms with Crippen molar-refractivity contribution in [1.82, 2.24) is 9.21 Å². The van der Waals surface area contributed by atoms with Crippen LogP contribution in [0.5, 0.6) is 0 Å². The maximum Gasteiger partial charge on any atom is 0.334 e. The Bertz CT molecular complexity index is 738. The molecule has 1 saturated heterocycles. The molecule has 1 saturated carbocycles. The van der Waals surface area contributed by atoms with E-state index in [9.17, 15) is 13.2 Å². The Morgan fingerprint density at radius 2 is 1.91 bits per heavy atom. The van der Waals surface area contributed by atoms with Gasteiger partial charge >= 0.3 is 6.03 Å². The molecule has 3 aliphatic rings. The number of sulfonamides is 1. The minimum absolute atomic E-state index is 0.0195. The van der Waals surface area contributed by atoms with Crippen LogP contribution in [0.25, 0.3) is 0 Å². The van der Waals surface area contributed by atoms with Crippen molar-refractivity contribution in [2.24, 2.45) is 0 Å². The van der Waals surface area contributed by atoms with E-state index < -0.39 is 10.0 Å². The van der Waals surface area contributed by atoms with E-state index in [-0.39, 0.29) is 23.9 Å². The highest BCUT2D eigenvalue weighted by Gasteiger charge is 2.49. The van der Waals surface area contributed by atoms with Gasteiger partial charge in [-0.15, -0.1) is 0 Å². The van der Waals surface area contributed by atoms with Crippen molar-refractivity contribution in [3.63, 3.8) is 0 Å². The molecule has 1 aromatic carbocycles. The van der Waals surface area contributed by atoms with Gasteiger partial charge in [0.1, 0.15) is 0 Å². The molecule has 2 heterocycles. The van der Waals surface area contributed by atoms with Crippen LogP contribution < -0.4 is 0 Å². The van der Waals surface area contributed by atoms with Crippen molar-refractivity contribution < 1.29 is 13.2 Å². The van der Waals surface area contributed by atoms with Crippen molar-refractivity contribution in [1.29, 1.82) is 0 Å². The molecule has 0 bridgehead atoms. The predicted octanol–water partition coefficient (Wildman–Crippen LogP) is 2.56. The molecular weight excluding hydrogens is 300 g/mol. The fourth-order valence-corrected chi connectivity index (χ4v) is 5.99. The number of aryl methyl sites for hydroxylation is 1. The molecule has 0 spiro atoms. The monoisotopic (exact) mass is 320 g/mol. The van der Waals surface area contributed by atoms with Crippen molar-refractivity contribution in [2.45, 2.75) is 51.2 Å². The van der Waals surface area contributed by atoms with Gasteiger partial charge < -0.3 is 4.90 Å². The van der Waals surface area contributed by atoms with Crippen molar-refractivity contribution in [3.8, 4) is 0 Å². The van der Waals surface area contributed by atoms with E-state index in [0.717, 1.165) is 42.4 Å². The molecule has 2 amide bonds. The number of benzene rings is 1. The average molecular weight is 320 g/mol. The molecule has 1 aliphatic carbocycles. The number of rotatable bonds is 1. The van der Waals surface area contributed by atoms with Gasteiger partial charge in [0, 0.05) is 12.6 Å². The molecule has 0 N–H and O–H groups in total. The van der Waals surface area contributed by atoms with Gasteiger partial charge in [0.25, 0.3) is 0 Å². The minimum atomic E-state index is -3.52. The summed E-state index contributed by atoms with van der Waals surface area (Å²) in [7, 11) is -3.52. The minimum Gasteiger partial charge on any atom is -0.311 e. The van der Waals surface area contributed by atoms with Crippen LogP contribution in [0.1, 0.15) is 48.4 Å². The first-order chi connectivity index (χ1) is 10.5. The number of fused-ring (bicyclic) bond motifs is 3. The second-order valence-electron chi connectivity index (χ2n) is 6.64. The van der Waals surface area contributed by atoms with E-state index in [2.05, 4.69) is 0 Å². The van der Waals surface area contributed by atoms with Crippen molar-refractivity contribution in [3.05, 3.63) is 34.9 Å². The van der Waals surface area contributed by atoms with Gasteiger partial charge in [-0.1, -0.05) is 36.6 Å². The Morgan fingerprint density at radius 1 is 1.18 bits per heavy atom. The molecule has 2 fully saturated rings. The number of amides is 2. The molecule has 2 aliphatic heterocycles. The Balaban J connectivity index is 1.74. The van der Waals surface area contributed by atoms with Crippen LogP contribution in [0.15, 0.2) is 18.2 Å². The molecule has 6 heteroatoms. The molecule has 1 unspecified atom stereocenters. The maximum atomic E-state index is 12.8. The molecule has 5 nitrogen and oxygen atoms in total.